The Kier molecular flexibility index (Phi) is 3.50. The molecule has 0 aliphatic heterocycles. The van der Waals surface area contributed by atoms with E-state index in [1.165, 1.54) is 5.56 Å². The number of aromatic amines is 1. The summed E-state index contributed by atoms with van der Waals surface area (Å²) < 4.78 is 5.82. The molecule has 1 aliphatic carbocycles. The summed E-state index contributed by atoms with van der Waals surface area (Å²) in [5.41, 5.74) is 4.03. The van der Waals surface area contributed by atoms with Crippen LogP contribution in [0, 0.1) is 13.8 Å². The van der Waals surface area contributed by atoms with Gasteiger partial charge in [-0.25, -0.2) is 4.98 Å². The third-order valence-electron chi connectivity index (χ3n) is 4.31. The summed E-state index contributed by atoms with van der Waals surface area (Å²) in [5, 5.41) is 0. The lowest BCUT2D eigenvalue weighted by atomic mass is 9.90. The minimum atomic E-state index is -0.557. The van der Waals surface area contributed by atoms with Crippen molar-refractivity contribution in [2.75, 3.05) is 0 Å². The van der Waals surface area contributed by atoms with Crippen LogP contribution in [0.3, 0.4) is 0 Å². The number of aromatic nitrogens is 2. The quantitative estimate of drug-likeness (QED) is 0.743. The molecule has 3 aromatic rings. The van der Waals surface area contributed by atoms with Gasteiger partial charge in [0.15, 0.2) is 0 Å². The van der Waals surface area contributed by atoms with E-state index in [-0.39, 0.29) is 12.3 Å². The van der Waals surface area contributed by atoms with Gasteiger partial charge in [0.05, 0.1) is 0 Å². The summed E-state index contributed by atoms with van der Waals surface area (Å²) in [5.74, 6) is 0.221. The van der Waals surface area contributed by atoms with Crippen molar-refractivity contribution in [2.45, 2.75) is 20.5 Å². The Morgan fingerprint density at radius 1 is 1.00 bits per heavy atom. The number of ether oxygens (including phenoxy) is 1. The molecule has 25 heavy (non-hydrogen) atoms. The Morgan fingerprint density at radius 3 is 2.52 bits per heavy atom. The van der Waals surface area contributed by atoms with Crippen LogP contribution < -0.4 is 4.74 Å². The molecule has 1 N–H and O–H groups in total. The van der Waals surface area contributed by atoms with Gasteiger partial charge in [-0.3, -0.25) is 9.59 Å². The summed E-state index contributed by atoms with van der Waals surface area (Å²) in [6.45, 7) is 4.20. The SMILES string of the molecule is Cc1ccc(OCc2nc3c([nH]2)C(=O)C(=O)c2ccccc2-3)c(C)c1. The van der Waals surface area contributed by atoms with Crippen LogP contribution in [0.4, 0.5) is 0 Å². The summed E-state index contributed by atoms with van der Waals surface area (Å²) >= 11 is 0. The fourth-order valence-corrected chi connectivity index (χ4v) is 3.08. The first kappa shape index (κ1) is 15.3. The summed E-state index contributed by atoms with van der Waals surface area (Å²) in [7, 11) is 0. The molecule has 1 aliphatic rings. The predicted molar refractivity (Wildman–Crippen MR) is 92.9 cm³/mol. The lowest BCUT2D eigenvalue weighted by Crippen LogP contribution is -2.21. The number of ketones is 2. The van der Waals surface area contributed by atoms with Crippen LogP contribution in [0.2, 0.25) is 0 Å². The van der Waals surface area contributed by atoms with Crippen LogP contribution >= 0.6 is 0 Å². The molecule has 0 bridgehead atoms. The summed E-state index contributed by atoms with van der Waals surface area (Å²) in [6, 6.07) is 13.0. The molecule has 0 atom stereocenters. The van der Waals surface area contributed by atoms with Crippen LogP contribution in [0.15, 0.2) is 42.5 Å². The standard InChI is InChI=1S/C20H16N2O3/c1-11-7-8-15(12(2)9-11)25-10-16-21-17-13-5-3-4-6-14(13)19(23)20(24)18(17)22-16/h3-9H,10H2,1-2H3,(H,21,22). The number of fused-ring (bicyclic) bond motifs is 3. The van der Waals surface area contributed by atoms with Gasteiger partial charge < -0.3 is 9.72 Å². The first-order chi connectivity index (χ1) is 12.0. The second-order valence-electron chi connectivity index (χ2n) is 6.17. The van der Waals surface area contributed by atoms with Crippen LogP contribution in [0.5, 0.6) is 5.75 Å². The molecule has 4 rings (SSSR count). The van der Waals surface area contributed by atoms with Crippen LogP contribution in [-0.4, -0.2) is 21.5 Å². The number of hydrogen-bond donors (Lipinski definition) is 1. The number of rotatable bonds is 3. The largest absolute Gasteiger partial charge is 0.485 e. The first-order valence-electron chi connectivity index (χ1n) is 8.02. The van der Waals surface area contributed by atoms with Crippen molar-refractivity contribution in [1.82, 2.24) is 9.97 Å². The van der Waals surface area contributed by atoms with E-state index in [1.54, 1.807) is 18.2 Å². The minimum absolute atomic E-state index is 0.195. The number of imidazole rings is 1. The summed E-state index contributed by atoms with van der Waals surface area (Å²) in [4.78, 5) is 31.9. The zero-order chi connectivity index (χ0) is 17.6. The molecule has 124 valence electrons. The lowest BCUT2D eigenvalue weighted by Gasteiger charge is -2.11. The van der Waals surface area contributed by atoms with E-state index in [9.17, 15) is 9.59 Å². The summed E-state index contributed by atoms with van der Waals surface area (Å²) in [6.07, 6.45) is 0. The van der Waals surface area contributed by atoms with Crippen molar-refractivity contribution < 1.29 is 14.3 Å². The highest BCUT2D eigenvalue weighted by Gasteiger charge is 2.33. The second kappa shape index (κ2) is 5.70. The average Bonchev–Trinajstić information content (AvgIpc) is 3.03. The van der Waals surface area contributed by atoms with Crippen molar-refractivity contribution in [1.29, 1.82) is 0 Å². The van der Waals surface area contributed by atoms with Crippen molar-refractivity contribution in [3.8, 4) is 17.0 Å². The first-order valence-corrected chi connectivity index (χ1v) is 8.02. The Hall–Kier alpha value is -3.21. The highest BCUT2D eigenvalue weighted by Crippen LogP contribution is 2.32. The molecule has 0 amide bonds. The van der Waals surface area contributed by atoms with E-state index in [2.05, 4.69) is 9.97 Å². The maximum Gasteiger partial charge on any atom is 0.251 e. The van der Waals surface area contributed by atoms with Crippen molar-refractivity contribution >= 4 is 11.6 Å². The van der Waals surface area contributed by atoms with Gasteiger partial charge in [0.25, 0.3) is 5.78 Å². The molecule has 0 radical (unpaired) electrons. The monoisotopic (exact) mass is 332 g/mol. The van der Waals surface area contributed by atoms with Crippen LogP contribution in [0.1, 0.15) is 37.8 Å². The van der Waals surface area contributed by atoms with Crippen LogP contribution in [-0.2, 0) is 6.61 Å². The smallest absolute Gasteiger partial charge is 0.251 e. The molecule has 0 fully saturated rings. The average molecular weight is 332 g/mol. The van der Waals surface area contributed by atoms with Crippen molar-refractivity contribution in [3.63, 3.8) is 0 Å². The Bertz CT molecular complexity index is 1020. The molecule has 0 saturated heterocycles. The molecular formula is C20H16N2O3. The van der Waals surface area contributed by atoms with E-state index in [4.69, 9.17) is 4.74 Å². The predicted octanol–water partition coefficient (Wildman–Crippen LogP) is 3.65. The number of Topliss-reactive ketones (excluding diaryl/α,β-unsaturated/α-hetero) is 2. The molecule has 0 spiro atoms. The fourth-order valence-electron chi connectivity index (χ4n) is 3.08. The molecule has 1 heterocycles. The number of hydrogen-bond acceptors (Lipinski definition) is 4. The highest BCUT2D eigenvalue weighted by molar-refractivity contribution is 6.52. The number of H-pyrrole nitrogens is 1. The van der Waals surface area contributed by atoms with Gasteiger partial charge in [-0.05, 0) is 25.5 Å². The van der Waals surface area contributed by atoms with Gasteiger partial charge in [0.1, 0.15) is 29.6 Å². The van der Waals surface area contributed by atoms with Gasteiger partial charge in [-0.1, -0.05) is 42.0 Å². The minimum Gasteiger partial charge on any atom is -0.485 e. The normalized spacial score (nSPS) is 12.7. The molecule has 5 heteroatoms. The number of benzene rings is 2. The van der Waals surface area contributed by atoms with Crippen molar-refractivity contribution in [2.24, 2.45) is 0 Å². The van der Waals surface area contributed by atoms with E-state index in [0.29, 0.717) is 22.6 Å². The molecular weight excluding hydrogens is 316 g/mol. The molecule has 5 nitrogen and oxygen atoms in total. The maximum absolute atomic E-state index is 12.3. The topological polar surface area (TPSA) is 72.0 Å². The Labute approximate surface area is 144 Å². The third kappa shape index (κ3) is 2.54. The number of nitrogens with one attached hydrogen (secondary N) is 1. The zero-order valence-electron chi connectivity index (χ0n) is 13.9. The van der Waals surface area contributed by atoms with Gasteiger partial charge in [-0.15, -0.1) is 0 Å². The van der Waals surface area contributed by atoms with Crippen molar-refractivity contribution in [3.05, 3.63) is 70.7 Å². The second-order valence-corrected chi connectivity index (χ2v) is 6.17. The Morgan fingerprint density at radius 2 is 1.76 bits per heavy atom. The van der Waals surface area contributed by atoms with E-state index < -0.39 is 11.6 Å². The number of nitrogens with zero attached hydrogens (tertiary/aromatic N) is 1. The molecule has 2 aromatic carbocycles. The number of carbonyl (C=O) groups is 2. The highest BCUT2D eigenvalue weighted by atomic mass is 16.5. The fraction of sp³-hybridized carbons (Fsp3) is 0.150. The van der Waals surface area contributed by atoms with Gasteiger partial charge >= 0.3 is 0 Å². The van der Waals surface area contributed by atoms with Gasteiger partial charge in [0, 0.05) is 11.1 Å². The maximum atomic E-state index is 12.3. The van der Waals surface area contributed by atoms with Gasteiger partial charge in [-0.2, -0.15) is 0 Å². The lowest BCUT2D eigenvalue weighted by molar-refractivity contribution is 0.0812. The Balaban J connectivity index is 1.66. The molecule has 1 aromatic heterocycles. The van der Waals surface area contributed by atoms with E-state index in [0.717, 1.165) is 11.3 Å². The van der Waals surface area contributed by atoms with Gasteiger partial charge in [0.2, 0.25) is 5.78 Å². The molecule has 0 unspecified atom stereocenters. The zero-order valence-corrected chi connectivity index (χ0v) is 13.9. The third-order valence-corrected chi connectivity index (χ3v) is 4.31. The number of carbonyl (C=O) groups excluding carboxylic acids is 2. The number of aryl methyl sites for hydroxylation is 2. The van der Waals surface area contributed by atoms with E-state index >= 15 is 0 Å². The molecule has 0 saturated carbocycles. The van der Waals surface area contributed by atoms with Crippen LogP contribution in [0.25, 0.3) is 11.3 Å². The van der Waals surface area contributed by atoms with E-state index in [1.807, 2.05) is 38.1 Å².